The van der Waals surface area contributed by atoms with Crippen LogP contribution in [0.25, 0.3) is 11.3 Å². The van der Waals surface area contributed by atoms with Crippen LogP contribution in [0.15, 0.2) is 40.9 Å². The van der Waals surface area contributed by atoms with E-state index in [1.807, 2.05) is 18.2 Å². The summed E-state index contributed by atoms with van der Waals surface area (Å²) in [5, 5.41) is 3.19. The van der Waals surface area contributed by atoms with E-state index >= 15 is 0 Å². The van der Waals surface area contributed by atoms with Gasteiger partial charge >= 0.3 is 0 Å². The van der Waals surface area contributed by atoms with Gasteiger partial charge in [0.1, 0.15) is 11.6 Å². The van der Waals surface area contributed by atoms with Crippen LogP contribution in [0.4, 0.5) is 10.2 Å². The van der Waals surface area contributed by atoms with Crippen LogP contribution in [0.2, 0.25) is 0 Å². The topological polar surface area (TPSA) is 24.9 Å². The van der Waals surface area contributed by atoms with Gasteiger partial charge in [-0.25, -0.2) is 9.37 Å². The van der Waals surface area contributed by atoms with E-state index in [4.69, 9.17) is 0 Å². The SMILES string of the molecule is CCCNc1cccc(-c2cccc(Br)c2F)n1. The average Bonchev–Trinajstić information content (AvgIpc) is 2.40. The van der Waals surface area contributed by atoms with Gasteiger partial charge in [0.2, 0.25) is 0 Å². The summed E-state index contributed by atoms with van der Waals surface area (Å²) < 4.78 is 14.4. The lowest BCUT2D eigenvalue weighted by Crippen LogP contribution is -2.02. The molecule has 0 saturated heterocycles. The van der Waals surface area contributed by atoms with Gasteiger partial charge in [0.05, 0.1) is 10.2 Å². The molecule has 0 aliphatic rings. The fourth-order valence-corrected chi connectivity index (χ4v) is 2.00. The van der Waals surface area contributed by atoms with Gasteiger partial charge in [-0.1, -0.05) is 19.1 Å². The van der Waals surface area contributed by atoms with Crippen molar-refractivity contribution < 1.29 is 4.39 Å². The highest BCUT2D eigenvalue weighted by Crippen LogP contribution is 2.27. The van der Waals surface area contributed by atoms with E-state index in [1.165, 1.54) is 0 Å². The molecule has 1 aromatic heterocycles. The third kappa shape index (κ3) is 2.88. The first-order valence-electron chi connectivity index (χ1n) is 5.87. The molecular formula is C14H14BrFN2. The largest absolute Gasteiger partial charge is 0.370 e. The highest BCUT2D eigenvalue weighted by atomic mass is 79.9. The van der Waals surface area contributed by atoms with E-state index < -0.39 is 0 Å². The maximum Gasteiger partial charge on any atom is 0.146 e. The van der Waals surface area contributed by atoms with Crippen LogP contribution >= 0.6 is 15.9 Å². The Morgan fingerprint density at radius 1 is 1.22 bits per heavy atom. The van der Waals surface area contributed by atoms with E-state index in [1.54, 1.807) is 18.2 Å². The lowest BCUT2D eigenvalue weighted by molar-refractivity contribution is 0.624. The van der Waals surface area contributed by atoms with Gasteiger partial charge in [0.15, 0.2) is 0 Å². The molecule has 0 bridgehead atoms. The number of pyridine rings is 1. The molecule has 1 N–H and O–H groups in total. The Kier molecular flexibility index (Phi) is 4.31. The minimum absolute atomic E-state index is 0.280. The van der Waals surface area contributed by atoms with Gasteiger partial charge in [-0.2, -0.15) is 0 Å². The molecular weight excluding hydrogens is 295 g/mol. The van der Waals surface area contributed by atoms with Crippen molar-refractivity contribution >= 4 is 21.7 Å². The Bertz CT molecular complexity index is 543. The molecule has 1 heterocycles. The maximum absolute atomic E-state index is 14.0. The zero-order valence-electron chi connectivity index (χ0n) is 10.1. The molecule has 0 radical (unpaired) electrons. The van der Waals surface area contributed by atoms with Crippen LogP contribution in [-0.2, 0) is 0 Å². The van der Waals surface area contributed by atoms with E-state index in [2.05, 4.69) is 33.2 Å². The molecule has 18 heavy (non-hydrogen) atoms. The first-order chi connectivity index (χ1) is 8.72. The summed E-state index contributed by atoms with van der Waals surface area (Å²) in [6.45, 7) is 2.95. The molecule has 0 fully saturated rings. The zero-order chi connectivity index (χ0) is 13.0. The molecule has 0 unspecified atom stereocenters. The fourth-order valence-electron chi connectivity index (χ4n) is 1.64. The summed E-state index contributed by atoms with van der Waals surface area (Å²) in [6, 6.07) is 10.8. The Hall–Kier alpha value is -1.42. The molecule has 0 atom stereocenters. The van der Waals surface area contributed by atoms with Crippen molar-refractivity contribution in [1.29, 1.82) is 0 Å². The van der Waals surface area contributed by atoms with Crippen LogP contribution < -0.4 is 5.32 Å². The van der Waals surface area contributed by atoms with E-state index in [9.17, 15) is 4.39 Å². The second kappa shape index (κ2) is 5.96. The second-order valence-corrected chi connectivity index (χ2v) is 4.79. The van der Waals surface area contributed by atoms with Gasteiger partial charge in [0, 0.05) is 12.1 Å². The third-order valence-corrected chi connectivity index (χ3v) is 3.15. The predicted molar refractivity (Wildman–Crippen MR) is 76.1 cm³/mol. The molecule has 0 amide bonds. The molecule has 0 aliphatic carbocycles. The van der Waals surface area contributed by atoms with E-state index in [0.717, 1.165) is 18.8 Å². The van der Waals surface area contributed by atoms with Gasteiger partial charge in [-0.15, -0.1) is 0 Å². The van der Waals surface area contributed by atoms with Crippen molar-refractivity contribution in [2.45, 2.75) is 13.3 Å². The van der Waals surface area contributed by atoms with Gasteiger partial charge in [-0.3, -0.25) is 0 Å². The summed E-state index contributed by atoms with van der Waals surface area (Å²) >= 11 is 3.19. The quantitative estimate of drug-likeness (QED) is 0.901. The summed E-state index contributed by atoms with van der Waals surface area (Å²) in [6.07, 6.45) is 1.02. The van der Waals surface area contributed by atoms with Crippen molar-refractivity contribution in [2.75, 3.05) is 11.9 Å². The maximum atomic E-state index is 14.0. The van der Waals surface area contributed by atoms with Crippen LogP contribution in [-0.4, -0.2) is 11.5 Å². The highest BCUT2D eigenvalue weighted by molar-refractivity contribution is 9.10. The monoisotopic (exact) mass is 308 g/mol. The number of benzene rings is 1. The summed E-state index contributed by atoms with van der Waals surface area (Å²) in [7, 11) is 0. The number of anilines is 1. The van der Waals surface area contributed by atoms with Crippen molar-refractivity contribution in [2.24, 2.45) is 0 Å². The molecule has 2 nitrogen and oxygen atoms in total. The molecule has 94 valence electrons. The van der Waals surface area contributed by atoms with Crippen LogP contribution in [0.5, 0.6) is 0 Å². The summed E-state index contributed by atoms with van der Waals surface area (Å²) in [5.41, 5.74) is 1.14. The Morgan fingerprint density at radius 3 is 2.78 bits per heavy atom. The number of aromatic nitrogens is 1. The van der Waals surface area contributed by atoms with Gasteiger partial charge < -0.3 is 5.32 Å². The van der Waals surface area contributed by atoms with Crippen molar-refractivity contribution in [3.05, 3.63) is 46.7 Å². The van der Waals surface area contributed by atoms with Crippen LogP contribution in [0.1, 0.15) is 13.3 Å². The fraction of sp³-hybridized carbons (Fsp3) is 0.214. The second-order valence-electron chi connectivity index (χ2n) is 3.94. The molecule has 2 aromatic rings. The van der Waals surface area contributed by atoms with Crippen LogP contribution in [0, 0.1) is 5.82 Å². The molecule has 0 aliphatic heterocycles. The first kappa shape index (κ1) is 13.0. The van der Waals surface area contributed by atoms with E-state index in [0.29, 0.717) is 15.7 Å². The molecule has 0 spiro atoms. The number of hydrogen-bond donors (Lipinski definition) is 1. The Labute approximate surface area is 114 Å². The summed E-state index contributed by atoms with van der Waals surface area (Å²) in [4.78, 5) is 4.41. The lowest BCUT2D eigenvalue weighted by Gasteiger charge is -2.07. The molecule has 2 rings (SSSR count). The number of nitrogens with zero attached hydrogens (tertiary/aromatic N) is 1. The molecule has 4 heteroatoms. The predicted octanol–water partition coefficient (Wildman–Crippen LogP) is 4.47. The number of halogens is 2. The van der Waals surface area contributed by atoms with Gasteiger partial charge in [-0.05, 0) is 46.6 Å². The number of hydrogen-bond acceptors (Lipinski definition) is 2. The Morgan fingerprint density at radius 2 is 2.00 bits per heavy atom. The third-order valence-electron chi connectivity index (χ3n) is 2.53. The average molecular weight is 309 g/mol. The number of rotatable bonds is 4. The standard InChI is InChI=1S/C14H14BrFN2/c1-2-9-17-13-8-4-7-12(18-13)10-5-3-6-11(15)14(10)16/h3-8H,2,9H2,1H3,(H,17,18). The van der Waals surface area contributed by atoms with Crippen molar-refractivity contribution in [1.82, 2.24) is 4.98 Å². The Balaban J connectivity index is 2.35. The van der Waals surface area contributed by atoms with Crippen LogP contribution in [0.3, 0.4) is 0 Å². The number of nitrogens with one attached hydrogen (secondary N) is 1. The minimum Gasteiger partial charge on any atom is -0.370 e. The smallest absolute Gasteiger partial charge is 0.146 e. The summed E-state index contributed by atoms with van der Waals surface area (Å²) in [5.74, 6) is 0.492. The van der Waals surface area contributed by atoms with Gasteiger partial charge in [0.25, 0.3) is 0 Å². The van der Waals surface area contributed by atoms with E-state index in [-0.39, 0.29) is 5.82 Å². The van der Waals surface area contributed by atoms with Crippen molar-refractivity contribution in [3.8, 4) is 11.3 Å². The molecule has 0 saturated carbocycles. The highest BCUT2D eigenvalue weighted by Gasteiger charge is 2.09. The minimum atomic E-state index is -0.280. The van der Waals surface area contributed by atoms with Crippen molar-refractivity contribution in [3.63, 3.8) is 0 Å². The normalized spacial score (nSPS) is 10.4. The molecule has 1 aromatic carbocycles. The zero-order valence-corrected chi connectivity index (χ0v) is 11.7. The first-order valence-corrected chi connectivity index (χ1v) is 6.67. The lowest BCUT2D eigenvalue weighted by atomic mass is 10.1.